The molecule has 0 fully saturated rings. The number of nitrogens with two attached hydrogens (primary N) is 1. The van der Waals surface area contributed by atoms with Crippen LogP contribution < -0.4 is 16.6 Å². The number of nitrogen functional groups attached to an aromatic ring is 1. The second kappa shape index (κ2) is 5.98. The normalized spacial score (nSPS) is 10.1. The average Bonchev–Trinajstić information content (AvgIpc) is 2.38. The van der Waals surface area contributed by atoms with Crippen LogP contribution in [0.5, 0.6) is 0 Å². The summed E-state index contributed by atoms with van der Waals surface area (Å²) in [5.74, 6) is 5.17. The number of hydrazine groups is 1. The van der Waals surface area contributed by atoms with Crippen LogP contribution in [0, 0.1) is 10.5 Å². The molecule has 0 radical (unpaired) electrons. The van der Waals surface area contributed by atoms with E-state index in [1.54, 1.807) is 6.07 Å². The molecule has 19 heavy (non-hydrogen) atoms. The van der Waals surface area contributed by atoms with Gasteiger partial charge in [-0.1, -0.05) is 6.07 Å². The summed E-state index contributed by atoms with van der Waals surface area (Å²) in [6, 6.07) is 9.28. The van der Waals surface area contributed by atoms with Crippen molar-refractivity contribution in [1.29, 1.82) is 0 Å². The van der Waals surface area contributed by atoms with E-state index in [1.807, 2.05) is 31.2 Å². The number of hydrogen-bond donors (Lipinski definition) is 3. The number of benzene rings is 1. The van der Waals surface area contributed by atoms with Gasteiger partial charge in [0, 0.05) is 21.1 Å². The molecule has 6 heteroatoms. The van der Waals surface area contributed by atoms with Crippen LogP contribution in [-0.4, -0.2) is 10.9 Å². The van der Waals surface area contributed by atoms with Crippen LogP contribution in [0.25, 0.3) is 0 Å². The second-order valence-electron chi connectivity index (χ2n) is 3.98. The van der Waals surface area contributed by atoms with Crippen LogP contribution in [0.15, 0.2) is 36.5 Å². The molecular formula is C13H13IN4O. The van der Waals surface area contributed by atoms with Gasteiger partial charge in [-0.3, -0.25) is 15.6 Å². The fourth-order valence-corrected chi connectivity index (χ4v) is 2.17. The maximum Gasteiger partial charge on any atom is 0.259 e. The van der Waals surface area contributed by atoms with Crippen LogP contribution in [0.1, 0.15) is 16.1 Å². The van der Waals surface area contributed by atoms with E-state index in [0.29, 0.717) is 11.3 Å². The highest BCUT2D eigenvalue weighted by Gasteiger charge is 2.12. The van der Waals surface area contributed by atoms with Crippen molar-refractivity contribution in [1.82, 2.24) is 4.98 Å². The van der Waals surface area contributed by atoms with Gasteiger partial charge in [0.15, 0.2) is 0 Å². The Morgan fingerprint density at radius 1 is 1.37 bits per heavy atom. The Balaban J connectivity index is 2.25. The summed E-state index contributed by atoms with van der Waals surface area (Å²) in [4.78, 5) is 16.3. The van der Waals surface area contributed by atoms with Crippen molar-refractivity contribution in [3.8, 4) is 0 Å². The van der Waals surface area contributed by atoms with E-state index < -0.39 is 0 Å². The van der Waals surface area contributed by atoms with Crippen molar-refractivity contribution >= 4 is 39.9 Å². The number of anilines is 2. The SMILES string of the molecule is Cc1cc(NN)c(C(=O)Nc2cccc(I)c2)cn1. The maximum atomic E-state index is 12.2. The quantitative estimate of drug-likeness (QED) is 0.442. The zero-order chi connectivity index (χ0) is 13.8. The van der Waals surface area contributed by atoms with Crippen molar-refractivity contribution in [2.75, 3.05) is 10.7 Å². The molecule has 0 saturated heterocycles. The molecule has 1 heterocycles. The van der Waals surface area contributed by atoms with E-state index in [0.717, 1.165) is 15.0 Å². The highest BCUT2D eigenvalue weighted by atomic mass is 127. The van der Waals surface area contributed by atoms with Crippen molar-refractivity contribution in [3.05, 3.63) is 51.4 Å². The molecular weight excluding hydrogens is 355 g/mol. The van der Waals surface area contributed by atoms with Gasteiger partial charge in [0.25, 0.3) is 5.91 Å². The Morgan fingerprint density at radius 3 is 2.84 bits per heavy atom. The number of nitrogens with one attached hydrogen (secondary N) is 2. The second-order valence-corrected chi connectivity index (χ2v) is 5.23. The number of carbonyl (C=O) groups is 1. The number of pyridine rings is 1. The minimum Gasteiger partial charge on any atom is -0.323 e. The number of rotatable bonds is 3. The minimum absolute atomic E-state index is 0.248. The first kappa shape index (κ1) is 13.8. The predicted molar refractivity (Wildman–Crippen MR) is 83.9 cm³/mol. The van der Waals surface area contributed by atoms with Crippen molar-refractivity contribution in [2.45, 2.75) is 6.92 Å². The van der Waals surface area contributed by atoms with Gasteiger partial charge < -0.3 is 10.7 Å². The van der Waals surface area contributed by atoms with Crippen LogP contribution in [0.3, 0.4) is 0 Å². The monoisotopic (exact) mass is 368 g/mol. The maximum absolute atomic E-state index is 12.2. The van der Waals surface area contributed by atoms with E-state index in [4.69, 9.17) is 5.84 Å². The summed E-state index contributed by atoms with van der Waals surface area (Å²) >= 11 is 2.19. The highest BCUT2D eigenvalue weighted by Crippen LogP contribution is 2.18. The standard InChI is InChI=1S/C13H13IN4O/c1-8-5-12(18-15)11(7-16-8)13(19)17-10-4-2-3-9(14)6-10/h2-7H,15H2,1H3,(H,16,18)(H,17,19). The van der Waals surface area contributed by atoms with Crippen LogP contribution >= 0.6 is 22.6 Å². The van der Waals surface area contributed by atoms with E-state index in [9.17, 15) is 4.79 Å². The van der Waals surface area contributed by atoms with Gasteiger partial charge in [0.05, 0.1) is 11.3 Å². The lowest BCUT2D eigenvalue weighted by Gasteiger charge is -2.10. The zero-order valence-corrected chi connectivity index (χ0v) is 12.4. The summed E-state index contributed by atoms with van der Waals surface area (Å²) in [6.07, 6.45) is 1.51. The Labute approximate surface area is 124 Å². The minimum atomic E-state index is -0.248. The molecule has 0 spiro atoms. The molecule has 2 rings (SSSR count). The lowest BCUT2D eigenvalue weighted by atomic mass is 10.2. The molecule has 4 N–H and O–H groups in total. The summed E-state index contributed by atoms with van der Waals surface area (Å²) < 4.78 is 1.05. The Kier molecular flexibility index (Phi) is 4.33. The van der Waals surface area contributed by atoms with Gasteiger partial charge in [0.1, 0.15) is 0 Å². The molecule has 5 nitrogen and oxygen atoms in total. The largest absolute Gasteiger partial charge is 0.323 e. The third-order valence-electron chi connectivity index (χ3n) is 2.52. The van der Waals surface area contributed by atoms with Gasteiger partial charge in [0.2, 0.25) is 0 Å². The van der Waals surface area contributed by atoms with E-state index >= 15 is 0 Å². The number of aryl methyl sites for hydroxylation is 1. The summed E-state index contributed by atoms with van der Waals surface area (Å²) in [5.41, 5.74) is 5.00. The molecule has 0 aliphatic rings. The molecule has 0 bridgehead atoms. The smallest absolute Gasteiger partial charge is 0.259 e. The first-order chi connectivity index (χ1) is 9.10. The molecule has 1 amide bonds. The number of halogens is 1. The fraction of sp³-hybridized carbons (Fsp3) is 0.0769. The zero-order valence-electron chi connectivity index (χ0n) is 10.3. The highest BCUT2D eigenvalue weighted by molar-refractivity contribution is 14.1. The van der Waals surface area contributed by atoms with Crippen molar-refractivity contribution < 1.29 is 4.79 Å². The van der Waals surface area contributed by atoms with E-state index in [1.165, 1.54) is 6.20 Å². The molecule has 0 saturated carbocycles. The first-order valence-electron chi connectivity index (χ1n) is 5.60. The summed E-state index contributed by atoms with van der Waals surface area (Å²) in [6.45, 7) is 1.84. The topological polar surface area (TPSA) is 80.0 Å². The third-order valence-corrected chi connectivity index (χ3v) is 3.19. The molecule has 1 aromatic carbocycles. The Hall–Kier alpha value is -1.67. The van der Waals surface area contributed by atoms with Crippen LogP contribution in [-0.2, 0) is 0 Å². The first-order valence-corrected chi connectivity index (χ1v) is 6.68. The van der Waals surface area contributed by atoms with Gasteiger partial charge in [-0.05, 0) is 53.8 Å². The molecule has 98 valence electrons. The number of hydrogen-bond acceptors (Lipinski definition) is 4. The lowest BCUT2D eigenvalue weighted by Crippen LogP contribution is -2.18. The lowest BCUT2D eigenvalue weighted by molar-refractivity contribution is 0.102. The molecule has 1 aromatic heterocycles. The summed E-state index contributed by atoms with van der Waals surface area (Å²) in [5, 5.41) is 2.81. The Bertz CT molecular complexity index is 615. The van der Waals surface area contributed by atoms with Gasteiger partial charge in [-0.15, -0.1) is 0 Å². The summed E-state index contributed by atoms with van der Waals surface area (Å²) in [7, 11) is 0. The average molecular weight is 368 g/mol. The number of aromatic nitrogens is 1. The van der Waals surface area contributed by atoms with E-state index in [-0.39, 0.29) is 5.91 Å². The molecule has 2 aromatic rings. The molecule has 0 aliphatic heterocycles. The number of nitrogens with zero attached hydrogens (tertiary/aromatic N) is 1. The van der Waals surface area contributed by atoms with E-state index in [2.05, 4.69) is 38.3 Å². The van der Waals surface area contributed by atoms with Crippen molar-refractivity contribution in [2.24, 2.45) is 5.84 Å². The van der Waals surface area contributed by atoms with Crippen molar-refractivity contribution in [3.63, 3.8) is 0 Å². The van der Waals surface area contributed by atoms with Gasteiger partial charge in [-0.2, -0.15) is 0 Å². The fourth-order valence-electron chi connectivity index (χ4n) is 1.62. The third kappa shape index (κ3) is 3.42. The van der Waals surface area contributed by atoms with Crippen LogP contribution in [0.2, 0.25) is 0 Å². The van der Waals surface area contributed by atoms with Gasteiger partial charge >= 0.3 is 0 Å². The molecule has 0 atom stereocenters. The van der Waals surface area contributed by atoms with Gasteiger partial charge in [-0.25, -0.2) is 0 Å². The number of carbonyl (C=O) groups excluding carboxylic acids is 1. The number of amides is 1. The molecule has 0 aliphatic carbocycles. The van der Waals surface area contributed by atoms with Crippen LogP contribution in [0.4, 0.5) is 11.4 Å². The Morgan fingerprint density at radius 2 is 2.16 bits per heavy atom. The molecule has 0 unspecified atom stereocenters. The predicted octanol–water partition coefficient (Wildman–Crippen LogP) is 2.53.